The van der Waals surface area contributed by atoms with Crippen molar-refractivity contribution in [1.82, 2.24) is 4.98 Å². The van der Waals surface area contributed by atoms with Crippen molar-refractivity contribution >= 4 is 17.0 Å². The number of hydrogen-bond donors (Lipinski definition) is 1. The summed E-state index contributed by atoms with van der Waals surface area (Å²) in [7, 11) is 0. The summed E-state index contributed by atoms with van der Waals surface area (Å²) in [5.74, 6) is -6.40. The van der Waals surface area contributed by atoms with Crippen molar-refractivity contribution in [1.29, 1.82) is 0 Å². The molecule has 1 atom stereocenters. The minimum atomic E-state index is -1.67. The van der Waals surface area contributed by atoms with E-state index in [0.29, 0.717) is 0 Å². The second-order valence-corrected chi connectivity index (χ2v) is 5.33. The molecule has 0 aliphatic heterocycles. The maximum atomic E-state index is 13.4. The van der Waals surface area contributed by atoms with Gasteiger partial charge in [0, 0.05) is 9.75 Å². The van der Waals surface area contributed by atoms with Gasteiger partial charge in [0.25, 0.3) is 11.9 Å². The van der Waals surface area contributed by atoms with Crippen LogP contribution in [-0.2, 0) is 0 Å². The third kappa shape index (κ3) is 2.70. The molecule has 0 aromatic carbocycles. The minimum absolute atomic E-state index is 0.483. The number of pyridine rings is 1. The normalized spacial score (nSPS) is 12.5. The lowest BCUT2D eigenvalue weighted by Gasteiger charge is -2.15. The summed E-state index contributed by atoms with van der Waals surface area (Å²) in [5, 5.41) is 2.43. The number of anilines is 1. The zero-order chi connectivity index (χ0) is 14.2. The van der Waals surface area contributed by atoms with E-state index in [9.17, 15) is 17.6 Å². The molecule has 0 amide bonds. The van der Waals surface area contributed by atoms with E-state index in [2.05, 4.69) is 10.3 Å². The monoisotopic (exact) mass is 290 g/mol. The molecule has 0 radical (unpaired) electrons. The van der Waals surface area contributed by atoms with Gasteiger partial charge >= 0.3 is 0 Å². The number of thiophene rings is 1. The second-order valence-electron chi connectivity index (χ2n) is 4.01. The van der Waals surface area contributed by atoms with Gasteiger partial charge in [0.2, 0.25) is 11.6 Å². The summed E-state index contributed by atoms with van der Waals surface area (Å²) in [6.45, 7) is 3.52. The van der Waals surface area contributed by atoms with Crippen molar-refractivity contribution in [2.45, 2.75) is 19.9 Å². The van der Waals surface area contributed by atoms with Crippen LogP contribution in [0.5, 0.6) is 0 Å². The maximum absolute atomic E-state index is 13.4. The molecule has 0 saturated carbocycles. The highest BCUT2D eigenvalue weighted by Crippen LogP contribution is 2.29. The molecule has 2 aromatic rings. The highest BCUT2D eigenvalue weighted by atomic mass is 32.1. The van der Waals surface area contributed by atoms with Gasteiger partial charge in [0.05, 0.1) is 6.04 Å². The predicted molar refractivity (Wildman–Crippen MR) is 65.2 cm³/mol. The van der Waals surface area contributed by atoms with Crippen LogP contribution >= 0.6 is 11.3 Å². The maximum Gasteiger partial charge on any atom is 0.253 e. The van der Waals surface area contributed by atoms with Crippen LogP contribution in [0.25, 0.3) is 0 Å². The Kier molecular flexibility index (Phi) is 3.75. The number of rotatable bonds is 3. The van der Waals surface area contributed by atoms with E-state index >= 15 is 0 Å². The van der Waals surface area contributed by atoms with Crippen molar-refractivity contribution in [3.8, 4) is 0 Å². The van der Waals surface area contributed by atoms with Gasteiger partial charge in [0.1, 0.15) is 5.69 Å². The largest absolute Gasteiger partial charge is 0.373 e. The lowest BCUT2D eigenvalue weighted by Crippen LogP contribution is -2.12. The molecule has 2 aromatic heterocycles. The second kappa shape index (κ2) is 5.16. The van der Waals surface area contributed by atoms with Crippen molar-refractivity contribution in [2.24, 2.45) is 0 Å². The molecule has 0 aliphatic rings. The van der Waals surface area contributed by atoms with Crippen LogP contribution in [0.15, 0.2) is 12.1 Å². The Morgan fingerprint density at radius 3 is 2.16 bits per heavy atom. The van der Waals surface area contributed by atoms with Gasteiger partial charge in [-0.25, -0.2) is 0 Å². The van der Waals surface area contributed by atoms with Crippen molar-refractivity contribution < 1.29 is 17.6 Å². The fourth-order valence-corrected chi connectivity index (χ4v) is 2.47. The number of hydrogen-bond acceptors (Lipinski definition) is 3. The summed E-state index contributed by atoms with van der Waals surface area (Å²) >= 11 is 1.42. The van der Waals surface area contributed by atoms with Crippen LogP contribution in [0.3, 0.4) is 0 Å². The van der Waals surface area contributed by atoms with Gasteiger partial charge in [-0.1, -0.05) is 0 Å². The molecule has 102 valence electrons. The van der Waals surface area contributed by atoms with Gasteiger partial charge in [-0.2, -0.15) is 22.5 Å². The minimum Gasteiger partial charge on any atom is -0.373 e. The first-order valence-electron chi connectivity index (χ1n) is 5.43. The molecule has 1 N–H and O–H groups in total. The fourth-order valence-electron chi connectivity index (χ4n) is 1.59. The van der Waals surface area contributed by atoms with Gasteiger partial charge in [-0.15, -0.1) is 11.3 Å². The number of aryl methyl sites for hydroxylation is 1. The number of aromatic nitrogens is 1. The number of halogens is 4. The molecule has 19 heavy (non-hydrogen) atoms. The van der Waals surface area contributed by atoms with Crippen LogP contribution in [0, 0.1) is 30.5 Å². The smallest absolute Gasteiger partial charge is 0.253 e. The number of nitrogens with zero attached hydrogens (tertiary/aromatic N) is 1. The Hall–Kier alpha value is -1.63. The quantitative estimate of drug-likeness (QED) is 0.677. The van der Waals surface area contributed by atoms with E-state index in [-0.39, 0.29) is 0 Å². The summed E-state index contributed by atoms with van der Waals surface area (Å²) < 4.78 is 52.7. The SMILES string of the molecule is Cc1ccc(C(C)Nc2c(F)c(F)nc(F)c2F)s1. The average molecular weight is 290 g/mol. The van der Waals surface area contributed by atoms with E-state index in [1.165, 1.54) is 11.3 Å². The molecule has 0 spiro atoms. The Balaban J connectivity index is 2.33. The third-order valence-electron chi connectivity index (χ3n) is 2.55. The zero-order valence-corrected chi connectivity index (χ0v) is 10.9. The lowest BCUT2D eigenvalue weighted by atomic mass is 10.2. The summed E-state index contributed by atoms with van der Waals surface area (Å²) in [5.41, 5.74) is -0.844. The molecular weight excluding hydrogens is 280 g/mol. The van der Waals surface area contributed by atoms with E-state index in [1.54, 1.807) is 13.0 Å². The van der Waals surface area contributed by atoms with Crippen molar-refractivity contribution in [3.05, 3.63) is 45.4 Å². The Bertz CT molecular complexity index is 586. The standard InChI is InChI=1S/C12H10F4N2S/c1-5-3-4-7(19-5)6(2)17-10-8(13)11(15)18-12(16)9(10)14/h3-4,6H,1-2H3,(H,17,18). The average Bonchev–Trinajstić information content (AvgIpc) is 2.79. The summed E-state index contributed by atoms with van der Waals surface area (Å²) in [6, 6.07) is 3.14. The van der Waals surface area contributed by atoms with Crippen molar-refractivity contribution in [2.75, 3.05) is 5.32 Å². The topological polar surface area (TPSA) is 24.9 Å². The fraction of sp³-hybridized carbons (Fsp3) is 0.250. The summed E-state index contributed by atoms with van der Waals surface area (Å²) in [4.78, 5) is 4.32. The first kappa shape index (κ1) is 13.8. The van der Waals surface area contributed by atoms with Gasteiger partial charge in [0.15, 0.2) is 0 Å². The van der Waals surface area contributed by atoms with Crippen LogP contribution in [-0.4, -0.2) is 4.98 Å². The van der Waals surface area contributed by atoms with E-state index in [1.807, 2.05) is 13.0 Å². The predicted octanol–water partition coefficient (Wildman–Crippen LogP) is 4.18. The Labute approximate surface area is 111 Å². The molecule has 1 unspecified atom stereocenters. The van der Waals surface area contributed by atoms with Crippen molar-refractivity contribution in [3.63, 3.8) is 0 Å². The van der Waals surface area contributed by atoms with Crippen LogP contribution in [0.2, 0.25) is 0 Å². The molecule has 0 saturated heterocycles. The number of nitrogens with one attached hydrogen (secondary N) is 1. The van der Waals surface area contributed by atoms with Crippen LogP contribution in [0.4, 0.5) is 23.2 Å². The summed E-state index contributed by atoms with van der Waals surface area (Å²) in [6.07, 6.45) is 0. The molecule has 0 bridgehead atoms. The highest BCUT2D eigenvalue weighted by Gasteiger charge is 2.22. The van der Waals surface area contributed by atoms with E-state index < -0.39 is 35.3 Å². The third-order valence-corrected chi connectivity index (χ3v) is 3.73. The molecule has 2 nitrogen and oxygen atoms in total. The first-order valence-corrected chi connectivity index (χ1v) is 6.24. The highest BCUT2D eigenvalue weighted by molar-refractivity contribution is 7.12. The molecule has 2 rings (SSSR count). The van der Waals surface area contributed by atoms with E-state index in [4.69, 9.17) is 0 Å². The van der Waals surface area contributed by atoms with Crippen LogP contribution < -0.4 is 5.32 Å². The van der Waals surface area contributed by atoms with E-state index in [0.717, 1.165) is 9.75 Å². The van der Waals surface area contributed by atoms with Crippen LogP contribution in [0.1, 0.15) is 22.7 Å². The first-order chi connectivity index (χ1) is 8.90. The lowest BCUT2D eigenvalue weighted by molar-refractivity contribution is 0.410. The molecular formula is C12H10F4N2S. The molecule has 0 fully saturated rings. The van der Waals surface area contributed by atoms with Gasteiger partial charge in [-0.05, 0) is 26.0 Å². The Morgan fingerprint density at radius 1 is 1.11 bits per heavy atom. The van der Waals surface area contributed by atoms with Gasteiger partial charge in [-0.3, -0.25) is 0 Å². The molecule has 7 heteroatoms. The zero-order valence-electron chi connectivity index (χ0n) is 10.1. The van der Waals surface area contributed by atoms with Gasteiger partial charge < -0.3 is 5.32 Å². The molecule has 0 aliphatic carbocycles. The molecule has 2 heterocycles. The Morgan fingerprint density at radius 2 is 1.68 bits per heavy atom.